The number of amides is 1. The molecular weight excluding hydrogens is 230 g/mol. The van der Waals surface area contributed by atoms with Gasteiger partial charge >= 0.3 is 11.8 Å². The Hall–Kier alpha value is -2.17. The van der Waals surface area contributed by atoms with Gasteiger partial charge in [0.15, 0.2) is 0 Å². The highest BCUT2D eigenvalue weighted by Crippen LogP contribution is 2.10. The first-order chi connectivity index (χ1) is 8.88. The summed E-state index contributed by atoms with van der Waals surface area (Å²) in [7, 11) is 0. The van der Waals surface area contributed by atoms with Gasteiger partial charge in [-0.15, -0.1) is 10.2 Å². The molecule has 5 heteroatoms. The minimum absolute atomic E-state index is 0.0944. The van der Waals surface area contributed by atoms with Crippen LogP contribution in [0.2, 0.25) is 0 Å². The molecule has 18 heavy (non-hydrogen) atoms. The maximum atomic E-state index is 11.4. The van der Waals surface area contributed by atoms with Crippen LogP contribution < -0.4 is 0 Å². The molecule has 5 nitrogen and oxygen atoms in total. The fourth-order valence-corrected chi connectivity index (χ4v) is 1.71. The van der Waals surface area contributed by atoms with Crippen LogP contribution in [0.4, 0.5) is 0 Å². The first kappa shape index (κ1) is 12.3. The third-order valence-electron chi connectivity index (χ3n) is 2.60. The van der Waals surface area contributed by atoms with E-state index in [1.807, 2.05) is 36.4 Å². The molecular formula is C13H15N3O2. The summed E-state index contributed by atoms with van der Waals surface area (Å²) < 4.78 is 4.79. The predicted molar refractivity (Wildman–Crippen MR) is 65.9 cm³/mol. The predicted octanol–water partition coefficient (Wildman–Crippen LogP) is 1.99. The van der Waals surface area contributed by atoms with Gasteiger partial charge in [-0.3, -0.25) is 4.79 Å². The number of rotatable bonds is 1. The van der Waals surface area contributed by atoms with Crippen molar-refractivity contribution in [2.45, 2.75) is 12.8 Å². The molecule has 1 aliphatic heterocycles. The monoisotopic (exact) mass is 245 g/mol. The van der Waals surface area contributed by atoms with Crippen LogP contribution >= 0.6 is 0 Å². The number of likely N-dealkylation sites (tertiary alicyclic amines) is 1. The van der Waals surface area contributed by atoms with Gasteiger partial charge in [0.05, 0.1) is 0 Å². The van der Waals surface area contributed by atoms with Gasteiger partial charge in [0.2, 0.25) is 6.39 Å². The molecule has 0 N–H and O–H groups in total. The molecule has 1 amide bonds. The van der Waals surface area contributed by atoms with Gasteiger partial charge in [-0.2, -0.15) is 0 Å². The van der Waals surface area contributed by atoms with E-state index in [9.17, 15) is 4.79 Å². The van der Waals surface area contributed by atoms with Crippen molar-refractivity contribution in [1.82, 2.24) is 15.1 Å². The molecule has 3 rings (SSSR count). The number of hydrogen-bond donors (Lipinski definition) is 0. The topological polar surface area (TPSA) is 59.2 Å². The van der Waals surface area contributed by atoms with Crippen molar-refractivity contribution in [3.63, 3.8) is 0 Å². The number of carbonyl (C=O) groups is 1. The molecule has 0 bridgehead atoms. The Morgan fingerprint density at radius 2 is 1.61 bits per heavy atom. The van der Waals surface area contributed by atoms with Crippen molar-refractivity contribution in [3.05, 3.63) is 48.7 Å². The zero-order chi connectivity index (χ0) is 12.6. The molecule has 2 aromatic rings. The number of hydrogen-bond acceptors (Lipinski definition) is 4. The van der Waals surface area contributed by atoms with E-state index in [1.54, 1.807) is 4.90 Å². The smallest absolute Gasteiger partial charge is 0.311 e. The maximum Gasteiger partial charge on any atom is 0.311 e. The molecule has 1 saturated heterocycles. The van der Waals surface area contributed by atoms with E-state index in [4.69, 9.17) is 4.42 Å². The first-order valence-corrected chi connectivity index (χ1v) is 5.93. The Kier molecular flexibility index (Phi) is 4.46. The highest BCUT2D eigenvalue weighted by Gasteiger charge is 2.22. The Bertz CT molecular complexity index is 424. The average molecular weight is 245 g/mol. The highest BCUT2D eigenvalue weighted by molar-refractivity contribution is 5.89. The summed E-state index contributed by atoms with van der Waals surface area (Å²) in [5, 5.41) is 7.00. The van der Waals surface area contributed by atoms with Crippen LogP contribution in [0.15, 0.2) is 47.2 Å². The third-order valence-corrected chi connectivity index (χ3v) is 2.60. The lowest BCUT2D eigenvalue weighted by Crippen LogP contribution is -2.27. The number of carbonyl (C=O) groups excluding carboxylic acids is 1. The minimum Gasteiger partial charge on any atom is -0.420 e. The van der Waals surface area contributed by atoms with Crippen LogP contribution in [0.5, 0.6) is 0 Å². The molecule has 0 aliphatic carbocycles. The van der Waals surface area contributed by atoms with Gasteiger partial charge in [0.1, 0.15) is 0 Å². The lowest BCUT2D eigenvalue weighted by molar-refractivity contribution is 0.0753. The summed E-state index contributed by atoms with van der Waals surface area (Å²) in [5.74, 6) is -0.0538. The molecule has 94 valence electrons. The van der Waals surface area contributed by atoms with Gasteiger partial charge < -0.3 is 9.32 Å². The zero-order valence-corrected chi connectivity index (χ0v) is 10.0. The zero-order valence-electron chi connectivity index (χ0n) is 10.0. The number of nitrogens with zero attached hydrogens (tertiary/aromatic N) is 3. The molecule has 2 heterocycles. The normalized spacial score (nSPS) is 13.9. The summed E-state index contributed by atoms with van der Waals surface area (Å²) in [6.45, 7) is 1.61. The largest absolute Gasteiger partial charge is 0.420 e. The van der Waals surface area contributed by atoms with E-state index in [2.05, 4.69) is 10.2 Å². The van der Waals surface area contributed by atoms with Gasteiger partial charge in [-0.25, -0.2) is 0 Å². The summed E-state index contributed by atoms with van der Waals surface area (Å²) in [5.41, 5.74) is 0. The number of benzene rings is 1. The van der Waals surface area contributed by atoms with Gasteiger partial charge in [0, 0.05) is 13.1 Å². The lowest BCUT2D eigenvalue weighted by atomic mass is 10.4. The molecule has 1 aliphatic rings. The fraction of sp³-hybridized carbons (Fsp3) is 0.308. The van der Waals surface area contributed by atoms with Crippen LogP contribution in [0.3, 0.4) is 0 Å². The SMILES string of the molecule is O=C(c1nnco1)N1CCCC1.c1ccccc1. The molecule has 0 spiro atoms. The van der Waals surface area contributed by atoms with E-state index >= 15 is 0 Å². The van der Waals surface area contributed by atoms with E-state index in [1.165, 1.54) is 6.39 Å². The van der Waals surface area contributed by atoms with Crippen molar-refractivity contribution in [2.24, 2.45) is 0 Å². The third kappa shape index (κ3) is 3.41. The molecule has 1 fully saturated rings. The Morgan fingerprint density at radius 3 is 2.06 bits per heavy atom. The van der Waals surface area contributed by atoms with Gasteiger partial charge in [0.25, 0.3) is 0 Å². The lowest BCUT2D eigenvalue weighted by Gasteiger charge is -2.10. The molecule has 1 aromatic heterocycles. The van der Waals surface area contributed by atoms with Crippen molar-refractivity contribution >= 4 is 5.91 Å². The summed E-state index contributed by atoms with van der Waals surface area (Å²) in [6.07, 6.45) is 3.31. The molecule has 0 atom stereocenters. The van der Waals surface area contributed by atoms with Gasteiger partial charge in [-0.05, 0) is 12.8 Å². The second kappa shape index (κ2) is 6.54. The Morgan fingerprint density at radius 1 is 1.06 bits per heavy atom. The fourth-order valence-electron chi connectivity index (χ4n) is 1.71. The molecule has 0 radical (unpaired) electrons. The Labute approximate surface area is 105 Å². The van der Waals surface area contributed by atoms with E-state index in [0.29, 0.717) is 0 Å². The molecule has 0 saturated carbocycles. The average Bonchev–Trinajstić information content (AvgIpc) is 3.14. The van der Waals surface area contributed by atoms with Crippen molar-refractivity contribution in [1.29, 1.82) is 0 Å². The van der Waals surface area contributed by atoms with Crippen LogP contribution in [0.25, 0.3) is 0 Å². The number of aromatic nitrogens is 2. The van der Waals surface area contributed by atoms with E-state index < -0.39 is 0 Å². The summed E-state index contributed by atoms with van der Waals surface area (Å²) in [6, 6.07) is 12.0. The van der Waals surface area contributed by atoms with E-state index in [0.717, 1.165) is 25.9 Å². The van der Waals surface area contributed by atoms with Crippen molar-refractivity contribution < 1.29 is 9.21 Å². The van der Waals surface area contributed by atoms with Crippen LogP contribution in [-0.4, -0.2) is 34.1 Å². The Balaban J connectivity index is 0.000000169. The quantitative estimate of drug-likeness (QED) is 0.771. The molecule has 0 unspecified atom stereocenters. The van der Waals surface area contributed by atoms with Crippen LogP contribution in [0, 0.1) is 0 Å². The summed E-state index contributed by atoms with van der Waals surface area (Å²) >= 11 is 0. The minimum atomic E-state index is -0.148. The van der Waals surface area contributed by atoms with Gasteiger partial charge in [-0.1, -0.05) is 36.4 Å². The second-order valence-corrected chi connectivity index (χ2v) is 3.90. The van der Waals surface area contributed by atoms with Crippen molar-refractivity contribution in [3.8, 4) is 0 Å². The molecule has 1 aromatic carbocycles. The second-order valence-electron chi connectivity index (χ2n) is 3.90. The van der Waals surface area contributed by atoms with Crippen molar-refractivity contribution in [2.75, 3.05) is 13.1 Å². The van der Waals surface area contributed by atoms with E-state index in [-0.39, 0.29) is 11.8 Å². The standard InChI is InChI=1S/C7H9N3O2.C6H6/c11-7(6-9-8-5-12-6)10-3-1-2-4-10;1-2-4-6-5-3-1/h5H,1-4H2;1-6H. The highest BCUT2D eigenvalue weighted by atomic mass is 16.4. The van der Waals surface area contributed by atoms with Crippen LogP contribution in [0.1, 0.15) is 23.5 Å². The summed E-state index contributed by atoms with van der Waals surface area (Å²) in [4.78, 5) is 13.2. The van der Waals surface area contributed by atoms with Crippen LogP contribution in [-0.2, 0) is 0 Å². The maximum absolute atomic E-state index is 11.4. The first-order valence-electron chi connectivity index (χ1n) is 5.93.